The van der Waals surface area contributed by atoms with Crippen LogP contribution in [0.2, 0.25) is 0 Å². The Morgan fingerprint density at radius 2 is 2.14 bits per heavy atom. The lowest BCUT2D eigenvalue weighted by molar-refractivity contribution is -0.118. The second-order valence-electron chi connectivity index (χ2n) is 4.30. The van der Waals surface area contributed by atoms with Crippen LogP contribution < -0.4 is 10.2 Å². The Morgan fingerprint density at radius 3 is 2.76 bits per heavy atom. The van der Waals surface area contributed by atoms with Crippen LogP contribution >= 0.6 is 11.8 Å². The summed E-state index contributed by atoms with van der Waals surface area (Å²) in [6.07, 6.45) is 3.54. The summed E-state index contributed by atoms with van der Waals surface area (Å²) >= 11 is 1.45. The predicted octanol–water partition coefficient (Wildman–Crippen LogP) is 2.28. The first-order valence-electron chi connectivity index (χ1n) is 6.39. The Labute approximate surface area is 128 Å². The maximum absolute atomic E-state index is 11.7. The molecule has 0 aliphatic carbocycles. The number of rotatable bonds is 6. The highest BCUT2D eigenvalue weighted by atomic mass is 32.2. The molecule has 0 saturated carbocycles. The number of thioether (sulfide) groups is 1. The zero-order chi connectivity index (χ0) is 15.1. The number of benzene rings is 1. The fourth-order valence-corrected chi connectivity index (χ4v) is 2.32. The van der Waals surface area contributed by atoms with E-state index in [1.165, 1.54) is 11.8 Å². The summed E-state index contributed by atoms with van der Waals surface area (Å²) in [5.74, 6) is 0.980. The second kappa shape index (κ2) is 7.54. The minimum Gasteiger partial charge on any atom is -0.497 e. The molecule has 0 unspecified atom stereocenters. The molecule has 0 spiro atoms. The van der Waals surface area contributed by atoms with E-state index in [0.717, 1.165) is 16.3 Å². The fraction of sp³-hybridized carbons (Fsp3) is 0.200. The number of aromatic nitrogens is 1. The molecule has 0 saturated heterocycles. The Balaban J connectivity index is 1.76. The number of methoxy groups -OCH3 is 1. The van der Waals surface area contributed by atoms with E-state index >= 15 is 0 Å². The molecule has 21 heavy (non-hydrogen) atoms. The number of hydrazone groups is 1. The Morgan fingerprint density at radius 1 is 1.38 bits per heavy atom. The highest BCUT2D eigenvalue weighted by molar-refractivity contribution is 8.00. The van der Waals surface area contributed by atoms with E-state index < -0.39 is 0 Å². The molecule has 0 atom stereocenters. The van der Waals surface area contributed by atoms with Crippen molar-refractivity contribution in [2.24, 2.45) is 12.1 Å². The molecule has 1 N–H and O–H groups in total. The summed E-state index contributed by atoms with van der Waals surface area (Å²) in [5, 5.41) is 3.94. The van der Waals surface area contributed by atoms with E-state index in [1.807, 2.05) is 54.2 Å². The number of carbonyl (C=O) groups excluding carboxylic acids is 1. The molecule has 0 bridgehead atoms. The summed E-state index contributed by atoms with van der Waals surface area (Å²) in [5.41, 5.74) is 3.44. The van der Waals surface area contributed by atoms with Gasteiger partial charge in [-0.15, -0.1) is 11.8 Å². The lowest BCUT2D eigenvalue weighted by Crippen LogP contribution is -2.19. The molecule has 2 rings (SSSR count). The average molecular weight is 303 g/mol. The van der Waals surface area contributed by atoms with Crippen molar-refractivity contribution in [2.45, 2.75) is 4.90 Å². The third-order valence-electron chi connectivity index (χ3n) is 2.80. The molecule has 5 nitrogen and oxygen atoms in total. The number of amides is 1. The van der Waals surface area contributed by atoms with Gasteiger partial charge >= 0.3 is 0 Å². The molecule has 0 aliphatic heterocycles. The monoisotopic (exact) mass is 303 g/mol. The van der Waals surface area contributed by atoms with Crippen LogP contribution in [-0.4, -0.2) is 29.6 Å². The maximum Gasteiger partial charge on any atom is 0.250 e. The van der Waals surface area contributed by atoms with Crippen LogP contribution in [0.4, 0.5) is 0 Å². The van der Waals surface area contributed by atoms with Gasteiger partial charge in [-0.3, -0.25) is 4.79 Å². The first-order chi connectivity index (χ1) is 10.2. The normalized spacial score (nSPS) is 10.8. The van der Waals surface area contributed by atoms with Crippen molar-refractivity contribution >= 4 is 23.9 Å². The lowest BCUT2D eigenvalue weighted by atomic mass is 10.3. The maximum atomic E-state index is 11.7. The number of hydrogen-bond acceptors (Lipinski definition) is 4. The van der Waals surface area contributed by atoms with Gasteiger partial charge in [-0.25, -0.2) is 5.43 Å². The molecule has 0 radical (unpaired) electrons. The van der Waals surface area contributed by atoms with E-state index in [4.69, 9.17) is 4.74 Å². The van der Waals surface area contributed by atoms with E-state index in [1.54, 1.807) is 13.3 Å². The first-order valence-corrected chi connectivity index (χ1v) is 7.37. The van der Waals surface area contributed by atoms with Gasteiger partial charge in [-0.1, -0.05) is 0 Å². The summed E-state index contributed by atoms with van der Waals surface area (Å²) in [7, 11) is 3.54. The predicted molar refractivity (Wildman–Crippen MR) is 84.9 cm³/mol. The standard InChI is InChI=1S/C15H17N3O2S/c1-18-9-3-4-12(18)10-16-17-15(19)11-21-14-7-5-13(20-2)6-8-14/h3-10H,11H2,1-2H3,(H,17,19)/b16-10+. The van der Waals surface area contributed by atoms with Crippen LogP contribution in [0.5, 0.6) is 5.75 Å². The molecule has 110 valence electrons. The molecular weight excluding hydrogens is 286 g/mol. The molecule has 1 amide bonds. The van der Waals surface area contributed by atoms with Gasteiger partial charge in [-0.2, -0.15) is 5.10 Å². The van der Waals surface area contributed by atoms with E-state index in [9.17, 15) is 4.79 Å². The number of nitrogens with one attached hydrogen (secondary N) is 1. The molecule has 1 aromatic carbocycles. The number of ether oxygens (including phenoxy) is 1. The molecule has 0 fully saturated rings. The molecule has 1 heterocycles. The van der Waals surface area contributed by atoms with Crippen LogP contribution in [0, 0.1) is 0 Å². The highest BCUT2D eigenvalue weighted by Crippen LogP contribution is 2.20. The Kier molecular flexibility index (Phi) is 5.45. The van der Waals surface area contributed by atoms with Crippen LogP contribution in [0.3, 0.4) is 0 Å². The quantitative estimate of drug-likeness (QED) is 0.506. The molecule has 2 aromatic rings. The fourth-order valence-electron chi connectivity index (χ4n) is 1.63. The number of hydrogen-bond donors (Lipinski definition) is 1. The van der Waals surface area contributed by atoms with Crippen molar-refractivity contribution in [3.8, 4) is 5.75 Å². The van der Waals surface area contributed by atoms with Gasteiger partial charge in [0.1, 0.15) is 5.75 Å². The smallest absolute Gasteiger partial charge is 0.250 e. The molecular formula is C15H17N3O2S. The summed E-state index contributed by atoms with van der Waals surface area (Å²) in [4.78, 5) is 12.7. The third kappa shape index (κ3) is 4.68. The van der Waals surface area contributed by atoms with Crippen molar-refractivity contribution < 1.29 is 9.53 Å². The average Bonchev–Trinajstić information content (AvgIpc) is 2.91. The zero-order valence-corrected chi connectivity index (χ0v) is 12.8. The van der Waals surface area contributed by atoms with Crippen molar-refractivity contribution in [1.29, 1.82) is 0 Å². The van der Waals surface area contributed by atoms with Gasteiger partial charge in [0, 0.05) is 18.1 Å². The van der Waals surface area contributed by atoms with Crippen LogP contribution in [0.15, 0.2) is 52.6 Å². The van der Waals surface area contributed by atoms with Crippen LogP contribution in [-0.2, 0) is 11.8 Å². The van der Waals surface area contributed by atoms with Gasteiger partial charge in [0.15, 0.2) is 0 Å². The highest BCUT2D eigenvalue weighted by Gasteiger charge is 2.02. The Hall–Kier alpha value is -2.21. The summed E-state index contributed by atoms with van der Waals surface area (Å²) in [6.45, 7) is 0. The summed E-state index contributed by atoms with van der Waals surface area (Å²) in [6, 6.07) is 11.4. The lowest BCUT2D eigenvalue weighted by Gasteiger charge is -2.03. The number of aryl methyl sites for hydroxylation is 1. The molecule has 6 heteroatoms. The third-order valence-corrected chi connectivity index (χ3v) is 3.81. The van der Waals surface area contributed by atoms with Crippen molar-refractivity contribution in [2.75, 3.05) is 12.9 Å². The second-order valence-corrected chi connectivity index (χ2v) is 5.35. The first kappa shape index (κ1) is 15.2. The topological polar surface area (TPSA) is 55.6 Å². The SMILES string of the molecule is COc1ccc(SCC(=O)N/N=C/c2cccn2C)cc1. The van der Waals surface area contributed by atoms with Gasteiger partial charge < -0.3 is 9.30 Å². The van der Waals surface area contributed by atoms with Crippen molar-refractivity contribution in [3.05, 3.63) is 48.3 Å². The van der Waals surface area contributed by atoms with Gasteiger partial charge in [-0.05, 0) is 36.4 Å². The van der Waals surface area contributed by atoms with Crippen molar-refractivity contribution in [3.63, 3.8) is 0 Å². The number of carbonyl (C=O) groups is 1. The van der Waals surface area contributed by atoms with Crippen molar-refractivity contribution in [1.82, 2.24) is 9.99 Å². The van der Waals surface area contributed by atoms with Crippen LogP contribution in [0.1, 0.15) is 5.69 Å². The van der Waals surface area contributed by atoms with Gasteiger partial charge in [0.25, 0.3) is 0 Å². The van der Waals surface area contributed by atoms with Crippen LogP contribution in [0.25, 0.3) is 0 Å². The summed E-state index contributed by atoms with van der Waals surface area (Å²) < 4.78 is 7.00. The van der Waals surface area contributed by atoms with E-state index in [0.29, 0.717) is 5.75 Å². The molecule has 1 aromatic heterocycles. The van der Waals surface area contributed by atoms with Gasteiger partial charge in [0.05, 0.1) is 24.8 Å². The van der Waals surface area contributed by atoms with E-state index in [2.05, 4.69) is 10.5 Å². The minimum atomic E-state index is -0.138. The minimum absolute atomic E-state index is 0.138. The van der Waals surface area contributed by atoms with E-state index in [-0.39, 0.29) is 5.91 Å². The number of nitrogens with zero attached hydrogens (tertiary/aromatic N) is 2. The Bertz CT molecular complexity index is 620. The zero-order valence-electron chi connectivity index (χ0n) is 11.9. The molecule has 0 aliphatic rings. The van der Waals surface area contributed by atoms with Gasteiger partial charge in [0.2, 0.25) is 5.91 Å². The largest absolute Gasteiger partial charge is 0.497 e.